The van der Waals surface area contributed by atoms with E-state index in [4.69, 9.17) is 0 Å². The van der Waals surface area contributed by atoms with Crippen LogP contribution in [0.4, 0.5) is 11.4 Å². The molecule has 1 aromatic heterocycles. The van der Waals surface area contributed by atoms with Crippen LogP contribution in [0.2, 0.25) is 0 Å². The second kappa shape index (κ2) is 7.87. The molecule has 3 rings (SSSR count). The standard InChI is InChI=1S/C17H14N6O4/c24-16(9-19-17(25)12-1-5-15(6-2-12)23(26)27)21-13-3-7-14(8-4-13)22-11-18-10-20-22/h1-8,10-11H,9H2,(H,19,25)(H,21,24). The number of nitrogens with one attached hydrogen (secondary N) is 2. The molecule has 0 fully saturated rings. The molecule has 2 amide bonds. The average Bonchev–Trinajstić information content (AvgIpc) is 3.21. The fourth-order valence-electron chi connectivity index (χ4n) is 2.24. The van der Waals surface area contributed by atoms with Crippen molar-refractivity contribution in [3.63, 3.8) is 0 Å². The van der Waals surface area contributed by atoms with Crippen molar-refractivity contribution in [1.29, 1.82) is 0 Å². The molecule has 0 saturated heterocycles. The molecular formula is C17H14N6O4. The first-order valence-electron chi connectivity index (χ1n) is 7.80. The van der Waals surface area contributed by atoms with Gasteiger partial charge in [0.05, 0.1) is 17.2 Å². The summed E-state index contributed by atoms with van der Waals surface area (Å²) < 4.78 is 1.58. The summed E-state index contributed by atoms with van der Waals surface area (Å²) in [6.45, 7) is -0.235. The van der Waals surface area contributed by atoms with Crippen molar-refractivity contribution in [3.8, 4) is 5.69 Å². The van der Waals surface area contributed by atoms with Gasteiger partial charge in [0.2, 0.25) is 5.91 Å². The summed E-state index contributed by atoms with van der Waals surface area (Å²) in [4.78, 5) is 37.9. The van der Waals surface area contributed by atoms with Crippen molar-refractivity contribution in [3.05, 3.63) is 76.9 Å². The van der Waals surface area contributed by atoms with Crippen molar-refractivity contribution in [2.45, 2.75) is 0 Å². The highest BCUT2D eigenvalue weighted by Gasteiger charge is 2.11. The van der Waals surface area contributed by atoms with E-state index in [2.05, 4.69) is 20.7 Å². The minimum Gasteiger partial charge on any atom is -0.343 e. The summed E-state index contributed by atoms with van der Waals surface area (Å²) in [7, 11) is 0. The number of benzene rings is 2. The van der Waals surface area contributed by atoms with Crippen LogP contribution in [0.5, 0.6) is 0 Å². The van der Waals surface area contributed by atoms with Crippen molar-refractivity contribution in [1.82, 2.24) is 20.1 Å². The van der Waals surface area contributed by atoms with E-state index in [-0.39, 0.29) is 17.8 Å². The van der Waals surface area contributed by atoms with Gasteiger partial charge in [-0.2, -0.15) is 5.10 Å². The Morgan fingerprint density at radius 1 is 1.07 bits per heavy atom. The van der Waals surface area contributed by atoms with Crippen LogP contribution in [0, 0.1) is 10.1 Å². The molecule has 0 unspecified atom stereocenters. The second-order valence-electron chi connectivity index (χ2n) is 5.42. The van der Waals surface area contributed by atoms with E-state index >= 15 is 0 Å². The highest BCUT2D eigenvalue weighted by Crippen LogP contribution is 2.13. The Morgan fingerprint density at radius 2 is 1.78 bits per heavy atom. The third-order valence-corrected chi connectivity index (χ3v) is 3.58. The van der Waals surface area contributed by atoms with Crippen LogP contribution in [-0.2, 0) is 4.79 Å². The smallest absolute Gasteiger partial charge is 0.269 e. The van der Waals surface area contributed by atoms with Crippen LogP contribution in [0.25, 0.3) is 5.69 Å². The summed E-state index contributed by atoms with van der Waals surface area (Å²) in [6, 6.07) is 12.0. The first kappa shape index (κ1) is 17.7. The van der Waals surface area contributed by atoms with E-state index in [0.29, 0.717) is 5.69 Å². The van der Waals surface area contributed by atoms with E-state index in [0.717, 1.165) is 5.69 Å². The number of nitrogens with zero attached hydrogens (tertiary/aromatic N) is 4. The second-order valence-corrected chi connectivity index (χ2v) is 5.42. The van der Waals surface area contributed by atoms with E-state index < -0.39 is 16.7 Å². The molecule has 0 aliphatic carbocycles. The van der Waals surface area contributed by atoms with Gasteiger partial charge < -0.3 is 10.6 Å². The maximum absolute atomic E-state index is 12.0. The molecule has 10 heteroatoms. The predicted octanol–water partition coefficient (Wildman–Crippen LogP) is 1.54. The lowest BCUT2D eigenvalue weighted by molar-refractivity contribution is -0.384. The van der Waals surface area contributed by atoms with Gasteiger partial charge in [0, 0.05) is 23.4 Å². The largest absolute Gasteiger partial charge is 0.343 e. The van der Waals surface area contributed by atoms with Gasteiger partial charge >= 0.3 is 0 Å². The summed E-state index contributed by atoms with van der Waals surface area (Å²) >= 11 is 0. The molecule has 136 valence electrons. The first-order valence-corrected chi connectivity index (χ1v) is 7.80. The Balaban J connectivity index is 1.51. The molecule has 3 aromatic rings. The van der Waals surface area contributed by atoms with Crippen LogP contribution in [0.3, 0.4) is 0 Å². The Hall–Kier alpha value is -4.08. The number of carbonyl (C=O) groups excluding carboxylic acids is 2. The predicted molar refractivity (Wildman–Crippen MR) is 95.4 cm³/mol. The zero-order valence-corrected chi connectivity index (χ0v) is 13.9. The lowest BCUT2D eigenvalue weighted by atomic mass is 10.2. The molecule has 0 aliphatic heterocycles. The molecular weight excluding hydrogens is 352 g/mol. The first-order chi connectivity index (χ1) is 13.0. The van der Waals surface area contributed by atoms with Gasteiger partial charge in [-0.3, -0.25) is 19.7 Å². The molecule has 10 nitrogen and oxygen atoms in total. The fraction of sp³-hybridized carbons (Fsp3) is 0.0588. The third-order valence-electron chi connectivity index (χ3n) is 3.58. The quantitative estimate of drug-likeness (QED) is 0.502. The molecule has 1 heterocycles. The number of nitro benzene ring substituents is 1. The number of rotatable bonds is 6. The molecule has 0 spiro atoms. The highest BCUT2D eigenvalue weighted by molar-refractivity contribution is 5.99. The minimum absolute atomic E-state index is 0.112. The number of amides is 2. The number of carbonyl (C=O) groups is 2. The molecule has 0 atom stereocenters. The molecule has 2 aromatic carbocycles. The number of hydrogen-bond acceptors (Lipinski definition) is 6. The van der Waals surface area contributed by atoms with E-state index in [1.165, 1.54) is 30.6 Å². The van der Waals surface area contributed by atoms with Crippen LogP contribution >= 0.6 is 0 Å². The maximum Gasteiger partial charge on any atom is 0.269 e. The maximum atomic E-state index is 12.0. The van der Waals surface area contributed by atoms with Gasteiger partial charge in [0.15, 0.2) is 0 Å². The van der Waals surface area contributed by atoms with Crippen LogP contribution < -0.4 is 10.6 Å². The monoisotopic (exact) mass is 366 g/mol. The molecule has 2 N–H and O–H groups in total. The number of aromatic nitrogens is 3. The summed E-state index contributed by atoms with van der Waals surface area (Å²) in [5, 5.41) is 19.7. The van der Waals surface area contributed by atoms with Crippen LogP contribution in [-0.4, -0.2) is 38.0 Å². The number of nitro groups is 1. The Kier molecular flexibility index (Phi) is 5.17. The van der Waals surface area contributed by atoms with Gasteiger partial charge in [-0.15, -0.1) is 0 Å². The summed E-state index contributed by atoms with van der Waals surface area (Å²) in [6.07, 6.45) is 2.98. The normalized spacial score (nSPS) is 10.2. The van der Waals surface area contributed by atoms with Crippen LogP contribution in [0.1, 0.15) is 10.4 Å². The Labute approximate surface area is 153 Å². The number of anilines is 1. The zero-order valence-electron chi connectivity index (χ0n) is 13.9. The molecule has 27 heavy (non-hydrogen) atoms. The van der Waals surface area contributed by atoms with E-state index in [9.17, 15) is 19.7 Å². The fourth-order valence-corrected chi connectivity index (χ4v) is 2.24. The van der Waals surface area contributed by atoms with Crippen molar-refractivity contribution in [2.75, 3.05) is 11.9 Å². The van der Waals surface area contributed by atoms with E-state index in [1.807, 2.05) is 0 Å². The lowest BCUT2D eigenvalue weighted by Crippen LogP contribution is -2.32. The van der Waals surface area contributed by atoms with Crippen molar-refractivity contribution < 1.29 is 14.5 Å². The topological polar surface area (TPSA) is 132 Å². The van der Waals surface area contributed by atoms with Gasteiger partial charge in [-0.25, -0.2) is 9.67 Å². The third kappa shape index (κ3) is 4.51. The number of hydrogen-bond donors (Lipinski definition) is 2. The van der Waals surface area contributed by atoms with Gasteiger partial charge in [0.25, 0.3) is 11.6 Å². The Morgan fingerprint density at radius 3 is 2.37 bits per heavy atom. The van der Waals surface area contributed by atoms with Crippen molar-refractivity contribution in [2.24, 2.45) is 0 Å². The molecule has 0 bridgehead atoms. The van der Waals surface area contributed by atoms with Crippen molar-refractivity contribution >= 4 is 23.2 Å². The molecule has 0 saturated carbocycles. The van der Waals surface area contributed by atoms with Gasteiger partial charge in [0.1, 0.15) is 12.7 Å². The summed E-state index contributed by atoms with van der Waals surface area (Å²) in [5.74, 6) is -0.902. The molecule has 0 radical (unpaired) electrons. The highest BCUT2D eigenvalue weighted by atomic mass is 16.6. The summed E-state index contributed by atoms with van der Waals surface area (Å²) in [5.41, 5.74) is 1.47. The minimum atomic E-state index is -0.552. The van der Waals surface area contributed by atoms with Crippen LogP contribution in [0.15, 0.2) is 61.2 Å². The van der Waals surface area contributed by atoms with Gasteiger partial charge in [-0.05, 0) is 36.4 Å². The van der Waals surface area contributed by atoms with E-state index in [1.54, 1.807) is 35.3 Å². The average molecular weight is 366 g/mol. The van der Waals surface area contributed by atoms with Gasteiger partial charge in [-0.1, -0.05) is 0 Å². The lowest BCUT2D eigenvalue weighted by Gasteiger charge is -2.08. The molecule has 0 aliphatic rings. The Bertz CT molecular complexity index is 952. The zero-order chi connectivity index (χ0) is 19.2. The SMILES string of the molecule is O=C(CNC(=O)c1ccc([N+](=O)[O-])cc1)Nc1ccc(-n2cncn2)cc1. The number of non-ortho nitro benzene ring substituents is 1.